The summed E-state index contributed by atoms with van der Waals surface area (Å²) in [6, 6.07) is 10.1. The number of carboxylic acids is 2. The summed E-state index contributed by atoms with van der Waals surface area (Å²) in [5.74, 6) is -4.32. The van der Waals surface area contributed by atoms with Gasteiger partial charge in [0.25, 0.3) is 0 Å². The maximum absolute atomic E-state index is 11.9. The molecule has 0 heterocycles. The Kier molecular flexibility index (Phi) is 6.08. The van der Waals surface area contributed by atoms with Crippen molar-refractivity contribution in [1.29, 1.82) is 0 Å². The first kappa shape index (κ1) is 19.1. The van der Waals surface area contributed by atoms with Gasteiger partial charge in [-0.05, 0) is 30.3 Å². The SMILES string of the molecule is O=C(O)C(=O)CC(=O)c1cccc(OCc2cc(C(=O)O)ccc2Cl)c1. The summed E-state index contributed by atoms with van der Waals surface area (Å²) >= 11 is 6.02. The van der Waals surface area contributed by atoms with Crippen molar-refractivity contribution in [3.05, 3.63) is 64.2 Å². The van der Waals surface area contributed by atoms with E-state index in [1.165, 1.54) is 36.4 Å². The fourth-order valence-electron chi connectivity index (χ4n) is 2.06. The Labute approximate surface area is 152 Å². The molecule has 0 radical (unpaired) electrons. The van der Waals surface area contributed by atoms with Gasteiger partial charge in [-0.3, -0.25) is 9.59 Å². The summed E-state index contributed by atoms with van der Waals surface area (Å²) in [4.78, 5) is 44.6. The van der Waals surface area contributed by atoms with Crippen LogP contribution in [-0.4, -0.2) is 33.7 Å². The molecule has 0 fully saturated rings. The van der Waals surface area contributed by atoms with E-state index in [0.29, 0.717) is 10.6 Å². The van der Waals surface area contributed by atoms with Gasteiger partial charge in [0.1, 0.15) is 12.4 Å². The third-order valence-corrected chi connectivity index (χ3v) is 3.77. The van der Waals surface area contributed by atoms with Gasteiger partial charge in [-0.1, -0.05) is 23.7 Å². The lowest BCUT2D eigenvalue weighted by Crippen LogP contribution is -2.17. The second-order valence-electron chi connectivity index (χ2n) is 5.26. The third kappa shape index (κ3) is 4.90. The summed E-state index contributed by atoms with van der Waals surface area (Å²) in [5.41, 5.74) is 0.635. The Morgan fingerprint density at radius 3 is 2.35 bits per heavy atom. The van der Waals surface area contributed by atoms with E-state index < -0.39 is 29.9 Å². The van der Waals surface area contributed by atoms with Crippen molar-refractivity contribution in [3.8, 4) is 5.75 Å². The van der Waals surface area contributed by atoms with E-state index in [2.05, 4.69) is 0 Å². The molecular weight excluding hydrogens is 364 g/mol. The van der Waals surface area contributed by atoms with Crippen LogP contribution in [0.15, 0.2) is 42.5 Å². The predicted molar refractivity (Wildman–Crippen MR) is 90.8 cm³/mol. The summed E-state index contributed by atoms with van der Waals surface area (Å²) in [6.45, 7) is -0.0361. The average molecular weight is 377 g/mol. The van der Waals surface area contributed by atoms with Crippen LogP contribution in [0.2, 0.25) is 5.02 Å². The molecule has 0 aliphatic carbocycles. The molecule has 0 saturated heterocycles. The van der Waals surface area contributed by atoms with E-state index >= 15 is 0 Å². The Balaban J connectivity index is 2.11. The van der Waals surface area contributed by atoms with Gasteiger partial charge >= 0.3 is 11.9 Å². The molecule has 0 aliphatic heterocycles. The number of ether oxygens (including phenoxy) is 1. The zero-order valence-electron chi connectivity index (χ0n) is 13.3. The molecule has 2 aromatic rings. The molecule has 0 aromatic heterocycles. The minimum absolute atomic E-state index is 0.0361. The molecule has 0 aliphatic rings. The van der Waals surface area contributed by atoms with Gasteiger partial charge in [-0.25, -0.2) is 9.59 Å². The van der Waals surface area contributed by atoms with Crippen molar-refractivity contribution in [1.82, 2.24) is 0 Å². The number of hydrogen-bond acceptors (Lipinski definition) is 5. The molecule has 2 N–H and O–H groups in total. The third-order valence-electron chi connectivity index (χ3n) is 3.40. The van der Waals surface area contributed by atoms with Gasteiger partial charge in [-0.2, -0.15) is 0 Å². The first-order valence-electron chi connectivity index (χ1n) is 7.32. The molecule has 134 valence electrons. The van der Waals surface area contributed by atoms with Crippen molar-refractivity contribution in [3.63, 3.8) is 0 Å². The molecule has 0 saturated carbocycles. The molecule has 0 unspecified atom stereocenters. The second kappa shape index (κ2) is 8.26. The number of Topliss-reactive ketones (excluding diaryl/α,β-unsaturated/α-hetero) is 2. The van der Waals surface area contributed by atoms with Gasteiger partial charge in [-0.15, -0.1) is 0 Å². The van der Waals surface area contributed by atoms with Crippen molar-refractivity contribution in [2.24, 2.45) is 0 Å². The van der Waals surface area contributed by atoms with Crippen LogP contribution in [0.25, 0.3) is 0 Å². The minimum atomic E-state index is -1.67. The summed E-state index contributed by atoms with van der Waals surface area (Å²) in [6.07, 6.45) is -0.745. The number of carbonyl (C=O) groups is 4. The first-order valence-corrected chi connectivity index (χ1v) is 7.69. The topological polar surface area (TPSA) is 118 Å². The Hall–Kier alpha value is -3.19. The van der Waals surface area contributed by atoms with E-state index in [9.17, 15) is 19.2 Å². The Morgan fingerprint density at radius 2 is 1.69 bits per heavy atom. The van der Waals surface area contributed by atoms with Crippen LogP contribution in [0, 0.1) is 0 Å². The van der Waals surface area contributed by atoms with Gasteiger partial charge in [0.15, 0.2) is 5.78 Å². The zero-order chi connectivity index (χ0) is 19.3. The summed E-state index contributed by atoms with van der Waals surface area (Å²) < 4.78 is 5.52. The van der Waals surface area contributed by atoms with Crippen LogP contribution >= 0.6 is 11.6 Å². The summed E-state index contributed by atoms with van der Waals surface area (Å²) in [5, 5.41) is 17.9. The number of benzene rings is 2. The number of aliphatic carboxylic acids is 1. The largest absolute Gasteiger partial charge is 0.489 e. The van der Waals surface area contributed by atoms with E-state index in [1.54, 1.807) is 6.07 Å². The normalized spacial score (nSPS) is 10.2. The van der Waals surface area contributed by atoms with Crippen LogP contribution in [0.1, 0.15) is 32.7 Å². The highest BCUT2D eigenvalue weighted by molar-refractivity contribution is 6.37. The smallest absolute Gasteiger partial charge is 0.372 e. The number of rotatable bonds is 8. The molecule has 26 heavy (non-hydrogen) atoms. The highest BCUT2D eigenvalue weighted by atomic mass is 35.5. The van der Waals surface area contributed by atoms with Crippen LogP contribution in [0.4, 0.5) is 0 Å². The second-order valence-corrected chi connectivity index (χ2v) is 5.66. The van der Waals surface area contributed by atoms with E-state index in [0.717, 1.165) is 0 Å². The van der Waals surface area contributed by atoms with Gasteiger partial charge in [0.2, 0.25) is 5.78 Å². The number of ketones is 2. The average Bonchev–Trinajstić information content (AvgIpc) is 2.60. The fourth-order valence-corrected chi connectivity index (χ4v) is 2.23. The van der Waals surface area contributed by atoms with Crippen LogP contribution < -0.4 is 4.74 Å². The Morgan fingerprint density at radius 1 is 0.962 bits per heavy atom. The van der Waals surface area contributed by atoms with E-state index in [1.807, 2.05) is 0 Å². The maximum Gasteiger partial charge on any atom is 0.372 e. The number of aromatic carboxylic acids is 1. The fraction of sp³-hybridized carbons (Fsp3) is 0.111. The van der Waals surface area contributed by atoms with Crippen molar-refractivity contribution in [2.75, 3.05) is 0 Å². The van der Waals surface area contributed by atoms with Crippen LogP contribution in [0.3, 0.4) is 0 Å². The lowest BCUT2D eigenvalue weighted by Gasteiger charge is -2.09. The van der Waals surface area contributed by atoms with Crippen molar-refractivity contribution in [2.45, 2.75) is 13.0 Å². The van der Waals surface area contributed by atoms with Crippen LogP contribution in [0.5, 0.6) is 5.75 Å². The maximum atomic E-state index is 11.9. The lowest BCUT2D eigenvalue weighted by molar-refractivity contribution is -0.148. The highest BCUT2D eigenvalue weighted by Crippen LogP contribution is 2.21. The first-order chi connectivity index (χ1) is 12.3. The minimum Gasteiger partial charge on any atom is -0.489 e. The quantitative estimate of drug-likeness (QED) is 0.413. The van der Waals surface area contributed by atoms with Crippen molar-refractivity contribution >= 4 is 35.1 Å². The molecule has 0 spiro atoms. The Bertz CT molecular complexity index is 889. The number of carboxylic acid groups (broad SMARTS) is 2. The molecular formula is C18H13ClO7. The molecule has 0 amide bonds. The molecule has 2 rings (SSSR count). The number of carbonyl (C=O) groups excluding carboxylic acids is 2. The highest BCUT2D eigenvalue weighted by Gasteiger charge is 2.18. The zero-order valence-corrected chi connectivity index (χ0v) is 14.0. The molecule has 0 bridgehead atoms. The van der Waals surface area contributed by atoms with Crippen LogP contribution in [-0.2, 0) is 16.2 Å². The monoisotopic (exact) mass is 376 g/mol. The van der Waals surface area contributed by atoms with Gasteiger partial charge < -0.3 is 14.9 Å². The van der Waals surface area contributed by atoms with E-state index in [4.69, 9.17) is 26.6 Å². The molecule has 0 atom stereocenters. The van der Waals surface area contributed by atoms with Gasteiger partial charge in [0, 0.05) is 16.1 Å². The standard InChI is InChI=1S/C18H13ClO7/c19-14-5-4-11(17(22)23)6-12(14)9-26-13-3-1-2-10(7-13)15(20)8-16(21)18(24)25/h1-7H,8-9H2,(H,22,23)(H,24,25). The number of halogens is 1. The number of hydrogen-bond donors (Lipinski definition) is 2. The molecule has 2 aromatic carbocycles. The molecule has 8 heteroatoms. The van der Waals surface area contributed by atoms with Crippen molar-refractivity contribution < 1.29 is 34.1 Å². The predicted octanol–water partition coefficient (Wildman–Crippen LogP) is 2.84. The van der Waals surface area contributed by atoms with E-state index in [-0.39, 0.29) is 23.5 Å². The lowest BCUT2D eigenvalue weighted by atomic mass is 10.1. The summed E-state index contributed by atoms with van der Waals surface area (Å²) in [7, 11) is 0. The molecule has 7 nitrogen and oxygen atoms in total. The van der Waals surface area contributed by atoms with Gasteiger partial charge in [0.05, 0.1) is 12.0 Å².